The third-order valence-electron chi connectivity index (χ3n) is 3.89. The van der Waals surface area contributed by atoms with E-state index in [0.29, 0.717) is 13.0 Å². The van der Waals surface area contributed by atoms with Crippen LogP contribution in [0, 0.1) is 0 Å². The van der Waals surface area contributed by atoms with Gasteiger partial charge in [0, 0.05) is 30.7 Å². The lowest BCUT2D eigenvalue weighted by molar-refractivity contribution is -0.144. The third kappa shape index (κ3) is 5.44. The molecule has 0 saturated heterocycles. The van der Waals surface area contributed by atoms with Crippen LogP contribution in [0.15, 0.2) is 12.2 Å². The van der Waals surface area contributed by atoms with Gasteiger partial charge in [-0.1, -0.05) is 0 Å². The minimum atomic E-state index is -0.882. The molecule has 1 heterocycles. The fourth-order valence-electron chi connectivity index (χ4n) is 3.44. The highest BCUT2D eigenvalue weighted by Gasteiger charge is 2.39. The molecular formula is C18H30N2O4. The van der Waals surface area contributed by atoms with Crippen LogP contribution in [-0.2, 0) is 19.1 Å². The molecular weight excluding hydrogens is 308 g/mol. The molecule has 3 amide bonds. The summed E-state index contributed by atoms with van der Waals surface area (Å²) in [7, 11) is 0. The number of imide groups is 1. The van der Waals surface area contributed by atoms with E-state index in [-0.39, 0.29) is 29.7 Å². The van der Waals surface area contributed by atoms with Crippen LogP contribution in [-0.4, -0.2) is 45.9 Å². The van der Waals surface area contributed by atoms with Gasteiger partial charge in [-0.15, -0.1) is 0 Å². The number of amides is 3. The quantitative estimate of drug-likeness (QED) is 0.688. The van der Waals surface area contributed by atoms with Gasteiger partial charge in [0.1, 0.15) is 0 Å². The van der Waals surface area contributed by atoms with Crippen LogP contribution in [0.2, 0.25) is 0 Å². The summed E-state index contributed by atoms with van der Waals surface area (Å²) in [6.45, 7) is 13.8. The molecule has 1 aliphatic rings. The first-order valence-electron chi connectivity index (χ1n) is 8.31. The van der Waals surface area contributed by atoms with E-state index in [1.165, 1.54) is 12.2 Å². The highest BCUT2D eigenvalue weighted by Crippen LogP contribution is 2.26. The average molecular weight is 338 g/mol. The number of ether oxygens (including phenoxy) is 1. The molecule has 0 saturated carbocycles. The molecule has 0 aromatic rings. The second kappa shape index (κ2) is 7.05. The second-order valence-electron chi connectivity index (χ2n) is 8.14. The fourth-order valence-corrected chi connectivity index (χ4v) is 3.44. The topological polar surface area (TPSA) is 75.7 Å². The van der Waals surface area contributed by atoms with Gasteiger partial charge in [-0.3, -0.25) is 19.3 Å². The van der Waals surface area contributed by atoms with Crippen molar-refractivity contribution in [2.45, 2.75) is 78.0 Å². The minimum absolute atomic E-state index is 0.0463. The molecule has 0 radical (unpaired) electrons. The summed E-state index contributed by atoms with van der Waals surface area (Å²) in [4.78, 5) is 37.3. The van der Waals surface area contributed by atoms with Crippen LogP contribution >= 0.6 is 0 Å². The zero-order valence-electron chi connectivity index (χ0n) is 15.9. The molecule has 1 N–H and O–H groups in total. The molecule has 1 rings (SSSR count). The van der Waals surface area contributed by atoms with Crippen molar-refractivity contribution in [3.63, 3.8) is 0 Å². The number of carbonyl (C=O) groups excluding carboxylic acids is 3. The van der Waals surface area contributed by atoms with Crippen molar-refractivity contribution in [3.05, 3.63) is 12.2 Å². The van der Waals surface area contributed by atoms with E-state index < -0.39 is 11.1 Å². The van der Waals surface area contributed by atoms with Gasteiger partial charge in [0.05, 0.1) is 11.1 Å². The van der Waals surface area contributed by atoms with Crippen LogP contribution < -0.4 is 5.32 Å². The van der Waals surface area contributed by atoms with E-state index in [0.717, 1.165) is 4.90 Å². The monoisotopic (exact) mass is 338 g/mol. The van der Waals surface area contributed by atoms with Crippen LogP contribution in [0.1, 0.15) is 61.3 Å². The lowest BCUT2D eigenvalue weighted by Gasteiger charge is -2.37. The van der Waals surface area contributed by atoms with Gasteiger partial charge in [0.25, 0.3) is 11.8 Å². The summed E-state index contributed by atoms with van der Waals surface area (Å²) in [6, 6.07) is 0. The lowest BCUT2D eigenvalue weighted by Crippen LogP contribution is -2.54. The molecule has 24 heavy (non-hydrogen) atoms. The molecule has 0 bridgehead atoms. The van der Waals surface area contributed by atoms with Gasteiger partial charge in [-0.25, -0.2) is 0 Å². The number of nitrogens with one attached hydrogen (secondary N) is 1. The Morgan fingerprint density at radius 2 is 1.58 bits per heavy atom. The molecule has 0 aromatic heterocycles. The van der Waals surface area contributed by atoms with E-state index in [9.17, 15) is 14.4 Å². The Balaban J connectivity index is 2.70. The Morgan fingerprint density at radius 1 is 1.08 bits per heavy atom. The molecule has 1 aliphatic heterocycles. The molecule has 0 unspecified atom stereocenters. The van der Waals surface area contributed by atoms with Crippen molar-refractivity contribution in [3.8, 4) is 0 Å². The molecule has 0 spiro atoms. The van der Waals surface area contributed by atoms with Crippen molar-refractivity contribution < 1.29 is 19.1 Å². The van der Waals surface area contributed by atoms with Gasteiger partial charge in [0.15, 0.2) is 0 Å². The molecule has 6 heteroatoms. The SMILES string of the molecule is CCOC(C)(C)CC(C)(C)NC(=O)CC(C)(C)N1C(=O)C=CC1=O. The van der Waals surface area contributed by atoms with Crippen LogP contribution in [0.5, 0.6) is 0 Å². The maximum atomic E-state index is 12.5. The standard InChI is InChI=1S/C18H30N2O4/c1-8-24-18(6,7)12-16(2,3)19-13(21)11-17(4,5)20-14(22)9-10-15(20)23/h9-10H,8,11-12H2,1-7H3,(H,19,21). The minimum Gasteiger partial charge on any atom is -0.376 e. The summed E-state index contributed by atoms with van der Waals surface area (Å²) in [5.74, 6) is -0.964. The first-order chi connectivity index (χ1) is 10.8. The van der Waals surface area contributed by atoms with Crippen molar-refractivity contribution in [1.82, 2.24) is 10.2 Å². The van der Waals surface area contributed by atoms with E-state index in [4.69, 9.17) is 4.74 Å². The summed E-state index contributed by atoms with van der Waals surface area (Å²) >= 11 is 0. The van der Waals surface area contributed by atoms with E-state index in [2.05, 4.69) is 5.32 Å². The summed E-state index contributed by atoms with van der Waals surface area (Å²) in [6.07, 6.45) is 3.15. The van der Waals surface area contributed by atoms with Crippen LogP contribution in [0.4, 0.5) is 0 Å². The predicted molar refractivity (Wildman–Crippen MR) is 92.2 cm³/mol. The van der Waals surface area contributed by atoms with Gasteiger partial charge < -0.3 is 10.1 Å². The molecule has 0 fully saturated rings. The Bertz CT molecular complexity index is 529. The molecule has 0 aromatic carbocycles. The molecule has 136 valence electrons. The van der Waals surface area contributed by atoms with Gasteiger partial charge >= 0.3 is 0 Å². The highest BCUT2D eigenvalue weighted by atomic mass is 16.5. The number of carbonyl (C=O) groups is 3. The Kier molecular flexibility index (Phi) is 5.98. The van der Waals surface area contributed by atoms with Crippen molar-refractivity contribution in [2.24, 2.45) is 0 Å². The van der Waals surface area contributed by atoms with Crippen LogP contribution in [0.3, 0.4) is 0 Å². The molecule has 0 aliphatic carbocycles. The Labute approximate surface area is 144 Å². The maximum absolute atomic E-state index is 12.5. The zero-order valence-corrected chi connectivity index (χ0v) is 15.9. The zero-order chi connectivity index (χ0) is 18.8. The first kappa shape index (κ1) is 20.4. The number of hydrogen-bond donors (Lipinski definition) is 1. The van der Waals surface area contributed by atoms with Crippen molar-refractivity contribution in [1.29, 1.82) is 0 Å². The van der Waals surface area contributed by atoms with Crippen molar-refractivity contribution >= 4 is 17.7 Å². The third-order valence-corrected chi connectivity index (χ3v) is 3.89. The summed E-state index contributed by atoms with van der Waals surface area (Å²) in [5, 5.41) is 2.99. The Morgan fingerprint density at radius 3 is 2.04 bits per heavy atom. The van der Waals surface area contributed by atoms with Gasteiger partial charge in [-0.2, -0.15) is 0 Å². The van der Waals surface area contributed by atoms with Crippen LogP contribution in [0.25, 0.3) is 0 Å². The number of hydrogen-bond acceptors (Lipinski definition) is 4. The van der Waals surface area contributed by atoms with E-state index in [1.807, 2.05) is 34.6 Å². The first-order valence-corrected chi connectivity index (χ1v) is 8.31. The maximum Gasteiger partial charge on any atom is 0.254 e. The lowest BCUT2D eigenvalue weighted by atomic mass is 9.88. The summed E-state index contributed by atoms with van der Waals surface area (Å²) < 4.78 is 5.70. The van der Waals surface area contributed by atoms with Crippen molar-refractivity contribution in [2.75, 3.05) is 6.61 Å². The summed E-state index contributed by atoms with van der Waals surface area (Å²) in [5.41, 5.74) is -1.71. The van der Waals surface area contributed by atoms with Gasteiger partial charge in [-0.05, 0) is 54.9 Å². The number of nitrogens with zero attached hydrogens (tertiary/aromatic N) is 1. The smallest absolute Gasteiger partial charge is 0.254 e. The van der Waals surface area contributed by atoms with Gasteiger partial charge in [0.2, 0.25) is 5.91 Å². The normalized spacial score (nSPS) is 16.0. The highest BCUT2D eigenvalue weighted by molar-refractivity contribution is 6.13. The molecule has 6 nitrogen and oxygen atoms in total. The second-order valence-corrected chi connectivity index (χ2v) is 8.14. The number of rotatable bonds is 8. The fraction of sp³-hybridized carbons (Fsp3) is 0.722. The predicted octanol–water partition coefficient (Wildman–Crippen LogP) is 2.18. The largest absolute Gasteiger partial charge is 0.376 e. The Hall–Kier alpha value is -1.69. The molecule has 0 atom stereocenters. The van der Waals surface area contributed by atoms with E-state index in [1.54, 1.807) is 13.8 Å². The van der Waals surface area contributed by atoms with E-state index >= 15 is 0 Å². The average Bonchev–Trinajstić information content (AvgIpc) is 2.65.